The van der Waals surface area contributed by atoms with Crippen LogP contribution in [0.4, 0.5) is 5.00 Å². The molecule has 18 heavy (non-hydrogen) atoms. The predicted octanol–water partition coefficient (Wildman–Crippen LogP) is 1.54. The number of nitrogens with two attached hydrogens (primary N) is 1. The van der Waals surface area contributed by atoms with Gasteiger partial charge >= 0.3 is 0 Å². The minimum absolute atomic E-state index is 0.188. The smallest absolute Gasteiger partial charge is 0.227 e. The average molecular weight is 267 g/mol. The first kappa shape index (κ1) is 14.6. The van der Waals surface area contributed by atoms with Gasteiger partial charge in [-0.2, -0.15) is 5.26 Å². The van der Waals surface area contributed by atoms with Crippen molar-refractivity contribution in [1.29, 1.82) is 5.26 Å². The second kappa shape index (κ2) is 6.50. The molecule has 1 heterocycles. The molecule has 1 aromatic heterocycles. The van der Waals surface area contributed by atoms with Gasteiger partial charge in [0, 0.05) is 18.5 Å². The van der Waals surface area contributed by atoms with Crippen molar-refractivity contribution in [3.63, 3.8) is 0 Å². The summed E-state index contributed by atoms with van der Waals surface area (Å²) in [5.74, 6) is -0.190. The Morgan fingerprint density at radius 3 is 2.78 bits per heavy atom. The number of nitrogens with zero attached hydrogens (tertiary/aromatic N) is 1. The molecule has 1 atom stereocenters. The second-order valence-electron chi connectivity index (χ2n) is 3.94. The van der Waals surface area contributed by atoms with Gasteiger partial charge in [-0.1, -0.05) is 0 Å². The average Bonchev–Trinajstić information content (AvgIpc) is 2.61. The second-order valence-corrected chi connectivity index (χ2v) is 5.17. The van der Waals surface area contributed by atoms with Gasteiger partial charge in [-0.05, 0) is 19.4 Å². The fourth-order valence-corrected chi connectivity index (χ4v) is 2.52. The lowest BCUT2D eigenvalue weighted by molar-refractivity contribution is -0.118. The number of anilines is 1. The molecule has 5 nitrogen and oxygen atoms in total. The molecule has 6 heteroatoms. The van der Waals surface area contributed by atoms with Gasteiger partial charge in [0.1, 0.15) is 11.1 Å². The van der Waals surface area contributed by atoms with E-state index in [1.807, 2.05) is 13.8 Å². The number of hydrogen-bond donors (Lipinski definition) is 2. The summed E-state index contributed by atoms with van der Waals surface area (Å²) >= 11 is 1.41. The lowest BCUT2D eigenvalue weighted by Crippen LogP contribution is -2.28. The maximum Gasteiger partial charge on any atom is 0.227 e. The van der Waals surface area contributed by atoms with Crippen molar-refractivity contribution in [2.75, 3.05) is 19.0 Å². The van der Waals surface area contributed by atoms with Crippen molar-refractivity contribution in [2.45, 2.75) is 26.4 Å². The van der Waals surface area contributed by atoms with Crippen LogP contribution >= 0.6 is 11.3 Å². The number of rotatable bonds is 5. The van der Waals surface area contributed by atoms with Gasteiger partial charge in [-0.3, -0.25) is 4.79 Å². The number of methoxy groups -OCH3 is 1. The number of ether oxygens (including phenoxy) is 1. The van der Waals surface area contributed by atoms with Crippen molar-refractivity contribution in [2.24, 2.45) is 5.73 Å². The summed E-state index contributed by atoms with van der Waals surface area (Å²) in [6.45, 7) is 4.09. The standard InChI is InChI=1S/C12H17N3O2S/c1-7-8(2)18-12(10(7)6-14)15-11(16)4-9(5-13)17-3/h9H,4-5,13H2,1-3H3,(H,15,16). The molecule has 98 valence electrons. The van der Waals surface area contributed by atoms with E-state index in [4.69, 9.17) is 15.7 Å². The van der Waals surface area contributed by atoms with Gasteiger partial charge < -0.3 is 15.8 Å². The van der Waals surface area contributed by atoms with E-state index in [-0.39, 0.29) is 25.0 Å². The van der Waals surface area contributed by atoms with Crippen LogP contribution < -0.4 is 11.1 Å². The van der Waals surface area contributed by atoms with E-state index < -0.39 is 0 Å². The van der Waals surface area contributed by atoms with Gasteiger partial charge in [-0.15, -0.1) is 11.3 Å². The molecule has 0 saturated carbocycles. The molecular formula is C12H17N3O2S. The highest BCUT2D eigenvalue weighted by atomic mass is 32.1. The van der Waals surface area contributed by atoms with Crippen LogP contribution in [0, 0.1) is 25.2 Å². The molecule has 0 fully saturated rings. The maximum atomic E-state index is 11.8. The van der Waals surface area contributed by atoms with Crippen molar-refractivity contribution >= 4 is 22.2 Å². The summed E-state index contributed by atoms with van der Waals surface area (Å²) < 4.78 is 5.05. The molecule has 1 amide bonds. The van der Waals surface area contributed by atoms with E-state index in [1.165, 1.54) is 18.4 Å². The Balaban J connectivity index is 2.77. The Kier molecular flexibility index (Phi) is 5.28. The first-order chi connectivity index (χ1) is 8.53. The summed E-state index contributed by atoms with van der Waals surface area (Å²) in [5.41, 5.74) is 6.91. The Bertz CT molecular complexity index is 472. The fraction of sp³-hybridized carbons (Fsp3) is 0.500. The largest absolute Gasteiger partial charge is 0.380 e. The zero-order chi connectivity index (χ0) is 13.7. The molecule has 3 N–H and O–H groups in total. The highest BCUT2D eigenvalue weighted by Crippen LogP contribution is 2.31. The minimum Gasteiger partial charge on any atom is -0.380 e. The zero-order valence-electron chi connectivity index (χ0n) is 10.7. The third kappa shape index (κ3) is 3.29. The van der Waals surface area contributed by atoms with Gasteiger partial charge in [0.2, 0.25) is 5.91 Å². The normalized spacial score (nSPS) is 11.9. The lowest BCUT2D eigenvalue weighted by atomic mass is 10.2. The first-order valence-corrected chi connectivity index (χ1v) is 6.37. The highest BCUT2D eigenvalue weighted by molar-refractivity contribution is 7.16. The van der Waals surface area contributed by atoms with Crippen LogP contribution in [0.3, 0.4) is 0 Å². The predicted molar refractivity (Wildman–Crippen MR) is 71.6 cm³/mol. The third-order valence-corrected chi connectivity index (χ3v) is 3.88. The van der Waals surface area contributed by atoms with Gasteiger partial charge in [0.25, 0.3) is 0 Å². The van der Waals surface area contributed by atoms with Gasteiger partial charge in [0.05, 0.1) is 18.1 Å². The molecule has 1 aromatic rings. The molecule has 0 saturated heterocycles. The summed E-state index contributed by atoms with van der Waals surface area (Å²) in [6, 6.07) is 2.11. The Hall–Kier alpha value is -1.42. The SMILES string of the molecule is COC(CN)CC(=O)Nc1sc(C)c(C)c1C#N. The molecule has 0 aliphatic rings. The number of nitriles is 1. The Morgan fingerprint density at radius 1 is 1.61 bits per heavy atom. The van der Waals surface area contributed by atoms with Crippen LogP contribution in [0.5, 0.6) is 0 Å². The number of carbonyl (C=O) groups is 1. The van der Waals surface area contributed by atoms with Crippen LogP contribution in [-0.2, 0) is 9.53 Å². The number of nitrogens with one attached hydrogen (secondary N) is 1. The van der Waals surface area contributed by atoms with Gasteiger partial charge in [-0.25, -0.2) is 0 Å². The molecule has 0 bridgehead atoms. The molecule has 0 aliphatic carbocycles. The Morgan fingerprint density at radius 2 is 2.28 bits per heavy atom. The van der Waals surface area contributed by atoms with Gasteiger partial charge in [0.15, 0.2) is 0 Å². The van der Waals surface area contributed by atoms with E-state index in [0.717, 1.165) is 10.4 Å². The lowest BCUT2D eigenvalue weighted by Gasteiger charge is -2.11. The molecule has 0 radical (unpaired) electrons. The highest BCUT2D eigenvalue weighted by Gasteiger charge is 2.16. The van der Waals surface area contributed by atoms with Crippen LogP contribution in [-0.4, -0.2) is 25.7 Å². The summed E-state index contributed by atoms with van der Waals surface area (Å²) in [4.78, 5) is 12.8. The van der Waals surface area contributed by atoms with E-state index in [1.54, 1.807) is 0 Å². The van der Waals surface area contributed by atoms with Crippen molar-refractivity contribution < 1.29 is 9.53 Å². The number of hydrogen-bond acceptors (Lipinski definition) is 5. The van der Waals surface area contributed by atoms with E-state index in [0.29, 0.717) is 10.6 Å². The summed E-state index contributed by atoms with van der Waals surface area (Å²) in [5, 5.41) is 12.4. The fourth-order valence-electron chi connectivity index (χ4n) is 1.50. The first-order valence-electron chi connectivity index (χ1n) is 5.56. The molecule has 1 unspecified atom stereocenters. The zero-order valence-corrected chi connectivity index (χ0v) is 11.6. The number of aryl methyl sites for hydroxylation is 1. The summed E-state index contributed by atoms with van der Waals surface area (Å²) in [7, 11) is 1.52. The van der Waals surface area contributed by atoms with Crippen molar-refractivity contribution in [3.8, 4) is 6.07 Å². The number of amides is 1. The van der Waals surface area contributed by atoms with Crippen molar-refractivity contribution in [3.05, 3.63) is 16.0 Å². The van der Waals surface area contributed by atoms with E-state index in [9.17, 15) is 4.79 Å². The monoisotopic (exact) mass is 267 g/mol. The molecule has 0 aliphatic heterocycles. The Labute approximate surface area is 111 Å². The quantitative estimate of drug-likeness (QED) is 0.847. The van der Waals surface area contributed by atoms with Crippen LogP contribution in [0.15, 0.2) is 0 Å². The van der Waals surface area contributed by atoms with Crippen molar-refractivity contribution in [1.82, 2.24) is 0 Å². The molecule has 0 aromatic carbocycles. The topological polar surface area (TPSA) is 88.1 Å². The summed E-state index contributed by atoms with van der Waals surface area (Å²) in [6.07, 6.45) is -0.105. The minimum atomic E-state index is -0.294. The maximum absolute atomic E-state index is 11.8. The molecule has 1 rings (SSSR count). The number of thiophene rings is 1. The molecule has 0 spiro atoms. The third-order valence-electron chi connectivity index (χ3n) is 2.76. The van der Waals surface area contributed by atoms with Crippen LogP contribution in [0.25, 0.3) is 0 Å². The van der Waals surface area contributed by atoms with E-state index >= 15 is 0 Å². The van der Waals surface area contributed by atoms with Crippen LogP contribution in [0.1, 0.15) is 22.4 Å². The van der Waals surface area contributed by atoms with E-state index in [2.05, 4.69) is 11.4 Å². The molecular weight excluding hydrogens is 250 g/mol. The van der Waals surface area contributed by atoms with Crippen LogP contribution in [0.2, 0.25) is 0 Å². The number of carbonyl (C=O) groups excluding carboxylic acids is 1.